The Balaban J connectivity index is 2.23. The van der Waals surface area contributed by atoms with Crippen molar-refractivity contribution in [1.82, 2.24) is 10.2 Å². The number of carboxylic acid groups (broad SMARTS) is 1. The highest BCUT2D eigenvalue weighted by Crippen LogP contribution is 2.33. The second kappa shape index (κ2) is 6.49. The monoisotopic (exact) mass is 309 g/mol. The van der Waals surface area contributed by atoms with E-state index < -0.39 is 11.2 Å². The molecule has 2 rings (SSSR count). The molecule has 112 valence electrons. The Morgan fingerprint density at radius 1 is 1.29 bits per heavy atom. The van der Waals surface area contributed by atoms with Crippen LogP contribution in [0, 0.1) is 0 Å². The summed E-state index contributed by atoms with van der Waals surface area (Å²) in [4.78, 5) is 10.7. The number of methoxy groups -OCH3 is 2. The fourth-order valence-corrected chi connectivity index (χ4v) is 2.16. The predicted molar refractivity (Wildman–Crippen MR) is 73.2 cm³/mol. The van der Waals surface area contributed by atoms with E-state index in [-0.39, 0.29) is 11.1 Å². The van der Waals surface area contributed by atoms with Gasteiger partial charge in [0.1, 0.15) is 0 Å². The van der Waals surface area contributed by atoms with Crippen LogP contribution in [0.5, 0.6) is 11.5 Å². The van der Waals surface area contributed by atoms with E-state index in [0.717, 1.165) is 11.8 Å². The molecule has 21 heavy (non-hydrogen) atoms. The molecule has 7 nitrogen and oxygen atoms in total. The summed E-state index contributed by atoms with van der Waals surface area (Å²) in [5.74, 6) is 0.196. The molecule has 0 bridgehead atoms. The maximum absolute atomic E-state index is 10.7. The second-order valence-electron chi connectivity index (χ2n) is 4.02. The fourth-order valence-electron chi connectivity index (χ4n) is 1.54. The van der Waals surface area contributed by atoms with Crippen molar-refractivity contribution in [2.45, 2.75) is 17.4 Å². The van der Waals surface area contributed by atoms with Crippen LogP contribution in [0.4, 0.5) is 0 Å². The van der Waals surface area contributed by atoms with E-state index in [0.29, 0.717) is 17.1 Å². The minimum atomic E-state index is -1.19. The zero-order valence-corrected chi connectivity index (χ0v) is 12.5. The summed E-state index contributed by atoms with van der Waals surface area (Å²) in [6, 6.07) is 5.16. The van der Waals surface area contributed by atoms with Gasteiger partial charge in [0.2, 0.25) is 5.89 Å². The molecule has 0 aliphatic rings. The Bertz CT molecular complexity index is 643. The number of ether oxygens (including phenoxy) is 2. The van der Waals surface area contributed by atoms with Crippen LogP contribution in [0.3, 0.4) is 0 Å². The highest BCUT2D eigenvalue weighted by atomic mass is 32.2. The Morgan fingerprint density at radius 2 is 2.00 bits per heavy atom. The smallest absolute Gasteiger partial charge is 0.277 e. The molecule has 0 fully saturated rings. The predicted octanol–water partition coefficient (Wildman–Crippen LogP) is 0.984. The molecule has 0 spiro atoms. The van der Waals surface area contributed by atoms with Crippen LogP contribution in [0.1, 0.15) is 6.92 Å². The highest BCUT2D eigenvalue weighted by Gasteiger charge is 2.15. The minimum Gasteiger partial charge on any atom is -0.549 e. The van der Waals surface area contributed by atoms with Gasteiger partial charge in [-0.1, -0.05) is 11.8 Å². The molecular formula is C13H13N2O5S-. The van der Waals surface area contributed by atoms with Gasteiger partial charge >= 0.3 is 0 Å². The van der Waals surface area contributed by atoms with Crippen LogP contribution >= 0.6 is 11.8 Å². The molecule has 0 saturated carbocycles. The summed E-state index contributed by atoms with van der Waals surface area (Å²) in [6.45, 7) is 1.49. The van der Waals surface area contributed by atoms with Crippen molar-refractivity contribution >= 4 is 17.7 Å². The highest BCUT2D eigenvalue weighted by molar-refractivity contribution is 8.00. The van der Waals surface area contributed by atoms with E-state index in [1.807, 2.05) is 0 Å². The van der Waals surface area contributed by atoms with Crippen LogP contribution in [0.25, 0.3) is 11.5 Å². The quantitative estimate of drug-likeness (QED) is 0.728. The lowest BCUT2D eigenvalue weighted by molar-refractivity contribution is -0.304. The summed E-state index contributed by atoms with van der Waals surface area (Å²) < 4.78 is 15.8. The molecule has 0 N–H and O–H groups in total. The van der Waals surface area contributed by atoms with Gasteiger partial charge in [-0.05, 0) is 25.1 Å². The van der Waals surface area contributed by atoms with Crippen LogP contribution in [-0.4, -0.2) is 35.6 Å². The van der Waals surface area contributed by atoms with Gasteiger partial charge in [-0.15, -0.1) is 10.2 Å². The summed E-state index contributed by atoms with van der Waals surface area (Å²) in [7, 11) is 3.07. The normalized spacial score (nSPS) is 12.0. The molecule has 2 aromatic rings. The first-order valence-electron chi connectivity index (χ1n) is 5.98. The van der Waals surface area contributed by atoms with Crippen molar-refractivity contribution in [2.24, 2.45) is 0 Å². The lowest BCUT2D eigenvalue weighted by atomic mass is 10.2. The molecule has 0 aliphatic carbocycles. The number of aromatic nitrogens is 2. The van der Waals surface area contributed by atoms with E-state index in [2.05, 4.69) is 10.2 Å². The largest absolute Gasteiger partial charge is 0.549 e. The number of carbonyl (C=O) groups excluding carboxylic acids is 1. The van der Waals surface area contributed by atoms with Gasteiger partial charge in [0.15, 0.2) is 11.5 Å². The standard InChI is InChI=1S/C13H14N2O5S/c1-7(12(16)17)21-13-15-14-11(20-13)8-4-5-9(18-2)10(6-8)19-3/h4-7H,1-3H3,(H,16,17)/p-1/t7-/m0/s1. The Kier molecular flexibility index (Phi) is 4.69. The maximum Gasteiger partial charge on any atom is 0.277 e. The fraction of sp³-hybridized carbons (Fsp3) is 0.308. The molecule has 1 aromatic heterocycles. The molecule has 0 unspecified atom stereocenters. The van der Waals surface area contributed by atoms with Gasteiger partial charge in [-0.2, -0.15) is 0 Å². The Morgan fingerprint density at radius 3 is 2.62 bits per heavy atom. The first-order chi connectivity index (χ1) is 10.0. The molecule has 1 heterocycles. The summed E-state index contributed by atoms with van der Waals surface area (Å²) in [5.41, 5.74) is 0.646. The van der Waals surface area contributed by atoms with Crippen molar-refractivity contribution in [1.29, 1.82) is 0 Å². The van der Waals surface area contributed by atoms with Crippen molar-refractivity contribution in [3.8, 4) is 23.0 Å². The molecule has 1 aromatic carbocycles. The molecular weight excluding hydrogens is 296 g/mol. The molecule has 0 radical (unpaired) electrons. The number of hydrogen-bond acceptors (Lipinski definition) is 8. The van der Waals surface area contributed by atoms with Crippen molar-refractivity contribution < 1.29 is 23.8 Å². The number of carbonyl (C=O) groups is 1. The number of benzene rings is 1. The van der Waals surface area contributed by atoms with E-state index in [9.17, 15) is 9.90 Å². The molecule has 0 aliphatic heterocycles. The minimum absolute atomic E-state index is 0.163. The van der Waals surface area contributed by atoms with Crippen LogP contribution < -0.4 is 14.6 Å². The van der Waals surface area contributed by atoms with E-state index in [4.69, 9.17) is 13.9 Å². The summed E-state index contributed by atoms with van der Waals surface area (Å²) in [5, 5.41) is 17.7. The number of hydrogen-bond donors (Lipinski definition) is 0. The van der Waals surface area contributed by atoms with Crippen molar-refractivity contribution in [3.63, 3.8) is 0 Å². The van der Waals surface area contributed by atoms with E-state index >= 15 is 0 Å². The average molecular weight is 309 g/mol. The Labute approximate surface area is 125 Å². The third kappa shape index (κ3) is 3.46. The molecule has 8 heteroatoms. The van der Waals surface area contributed by atoms with Crippen LogP contribution in [0.15, 0.2) is 27.8 Å². The van der Waals surface area contributed by atoms with Crippen molar-refractivity contribution in [3.05, 3.63) is 18.2 Å². The third-order valence-corrected chi connectivity index (χ3v) is 3.56. The summed E-state index contributed by atoms with van der Waals surface area (Å²) in [6.07, 6.45) is 0. The zero-order chi connectivity index (χ0) is 15.4. The maximum atomic E-state index is 10.7. The molecule has 0 saturated heterocycles. The average Bonchev–Trinajstić information content (AvgIpc) is 2.94. The van der Waals surface area contributed by atoms with Crippen LogP contribution in [0.2, 0.25) is 0 Å². The third-order valence-electron chi connectivity index (χ3n) is 2.65. The lowest BCUT2D eigenvalue weighted by Crippen LogP contribution is -2.31. The number of carboxylic acids is 1. The van der Waals surface area contributed by atoms with Gasteiger partial charge in [0.25, 0.3) is 5.22 Å². The van der Waals surface area contributed by atoms with Gasteiger partial charge in [-0.3, -0.25) is 0 Å². The van der Waals surface area contributed by atoms with Gasteiger partial charge in [0.05, 0.1) is 25.4 Å². The zero-order valence-electron chi connectivity index (χ0n) is 11.7. The topological polar surface area (TPSA) is 97.5 Å². The SMILES string of the molecule is COc1ccc(-c2nnc(S[C@@H](C)C(=O)[O-])o2)cc1OC. The number of rotatable bonds is 6. The first kappa shape index (κ1) is 15.2. The van der Waals surface area contributed by atoms with Gasteiger partial charge in [0, 0.05) is 5.56 Å². The number of nitrogens with zero attached hydrogens (tertiary/aromatic N) is 2. The van der Waals surface area contributed by atoms with E-state index in [1.165, 1.54) is 14.0 Å². The Hall–Kier alpha value is -2.22. The van der Waals surface area contributed by atoms with Gasteiger partial charge < -0.3 is 23.8 Å². The van der Waals surface area contributed by atoms with Crippen LogP contribution in [-0.2, 0) is 4.79 Å². The van der Waals surface area contributed by atoms with Gasteiger partial charge in [-0.25, -0.2) is 0 Å². The lowest BCUT2D eigenvalue weighted by Gasteiger charge is -2.08. The molecule has 1 atom stereocenters. The molecule has 0 amide bonds. The van der Waals surface area contributed by atoms with Crippen molar-refractivity contribution in [2.75, 3.05) is 14.2 Å². The number of aliphatic carboxylic acids is 1. The first-order valence-corrected chi connectivity index (χ1v) is 6.86. The summed E-state index contributed by atoms with van der Waals surface area (Å²) >= 11 is 0.927. The second-order valence-corrected chi connectivity index (χ2v) is 5.31. The number of thioether (sulfide) groups is 1. The van der Waals surface area contributed by atoms with E-state index in [1.54, 1.807) is 25.3 Å².